The van der Waals surface area contributed by atoms with E-state index in [0.29, 0.717) is 12.8 Å². The molecule has 6 nitrogen and oxygen atoms in total. The molecule has 0 radical (unpaired) electrons. The van der Waals surface area contributed by atoms with E-state index in [1.54, 1.807) is 0 Å². The minimum Gasteiger partial charge on any atom is -0.356 e. The number of hydrogen-bond donors (Lipinski definition) is 3. The molecule has 9 heteroatoms. The van der Waals surface area contributed by atoms with Crippen molar-refractivity contribution < 1.29 is 27.6 Å². The van der Waals surface area contributed by atoms with Gasteiger partial charge < -0.3 is 16.0 Å². The van der Waals surface area contributed by atoms with Crippen molar-refractivity contribution in [3.8, 4) is 0 Å². The van der Waals surface area contributed by atoms with Crippen LogP contribution in [0.1, 0.15) is 213 Å². The molecule has 0 heterocycles. The number of allylic oxidation sites excluding steroid dienone is 4. The Labute approximate surface area is 330 Å². The number of carbonyl (C=O) groups excluding carboxylic acids is 3. The first-order valence-corrected chi connectivity index (χ1v) is 22.3. The molecule has 318 valence electrons. The van der Waals surface area contributed by atoms with Crippen molar-refractivity contribution in [2.24, 2.45) is 0 Å². The number of carbonyl (C=O) groups is 3. The normalized spacial score (nSPS) is 11.6. The summed E-state index contributed by atoms with van der Waals surface area (Å²) in [5.74, 6) is 0.406. The number of halogens is 3. The quantitative estimate of drug-likeness (QED) is 0.0330. The molecule has 0 aromatic rings. The van der Waals surface area contributed by atoms with E-state index < -0.39 is 12.5 Å². The number of unbranched alkanes of at least 4 members (excludes halogenated alkanes) is 23. The topological polar surface area (TPSA) is 87.3 Å². The van der Waals surface area contributed by atoms with Gasteiger partial charge in [-0.1, -0.05) is 141 Å². The number of aldehydes is 1. The lowest BCUT2D eigenvalue weighted by atomic mass is 10.1. The van der Waals surface area contributed by atoms with E-state index in [9.17, 15) is 22.8 Å². The Morgan fingerprint density at radius 2 is 0.722 bits per heavy atom. The van der Waals surface area contributed by atoms with E-state index in [1.165, 1.54) is 141 Å². The van der Waals surface area contributed by atoms with Crippen LogP contribution in [0.2, 0.25) is 0 Å². The zero-order chi connectivity index (χ0) is 40.1. The van der Waals surface area contributed by atoms with Crippen LogP contribution in [0.15, 0.2) is 24.3 Å². The SMILES string of the molecule is CCCCCCCC/C=C\CCCCCCCC(=O)NCCCCNCCCNC(=O)CCCCCCC/C=C\CCCCCCCC.O=CC(F)(F)F. The largest absolute Gasteiger partial charge is 0.446 e. The number of nitrogens with one attached hydrogen (secondary N) is 3. The van der Waals surface area contributed by atoms with Crippen LogP contribution in [0.25, 0.3) is 0 Å². The summed E-state index contributed by atoms with van der Waals surface area (Å²) in [5, 5.41) is 9.60. The summed E-state index contributed by atoms with van der Waals surface area (Å²) in [6.45, 7) is 7.97. The second kappa shape index (κ2) is 45.2. The molecule has 0 bridgehead atoms. The first-order valence-electron chi connectivity index (χ1n) is 22.3. The zero-order valence-electron chi connectivity index (χ0n) is 35.0. The molecule has 0 rings (SSSR count). The molecule has 0 aliphatic carbocycles. The van der Waals surface area contributed by atoms with Crippen molar-refractivity contribution in [3.63, 3.8) is 0 Å². The van der Waals surface area contributed by atoms with E-state index in [2.05, 4.69) is 54.1 Å². The summed E-state index contributed by atoms with van der Waals surface area (Å²) in [4.78, 5) is 32.8. The van der Waals surface area contributed by atoms with Gasteiger partial charge in [0.15, 0.2) is 0 Å². The van der Waals surface area contributed by atoms with Gasteiger partial charge in [0.1, 0.15) is 0 Å². The summed E-state index contributed by atoms with van der Waals surface area (Å²) < 4.78 is 31.2. The van der Waals surface area contributed by atoms with Crippen LogP contribution in [-0.4, -0.2) is 50.5 Å². The fourth-order valence-electron chi connectivity index (χ4n) is 6.06. The standard InChI is InChI=1S/C43H83N3O2.C2HF3O/c1-3-5-7-9-11-13-15-17-19-21-23-25-27-29-31-36-42(47)45-40-34-33-38-44-39-35-41-46-43(48)37-32-30-28-26-24-22-20-18-16-14-12-10-8-6-4-2;3-2(4,5)1-6/h17-20,44H,3-16,21-41H2,1-2H3,(H,45,47)(H,46,48);1H/b19-17-,20-18-;. The molecule has 0 unspecified atom stereocenters. The van der Waals surface area contributed by atoms with Gasteiger partial charge >= 0.3 is 6.18 Å². The van der Waals surface area contributed by atoms with Crippen LogP contribution in [0.4, 0.5) is 13.2 Å². The number of amides is 2. The van der Waals surface area contributed by atoms with Gasteiger partial charge in [-0.2, -0.15) is 13.2 Å². The lowest BCUT2D eigenvalue weighted by Gasteiger charge is -2.08. The van der Waals surface area contributed by atoms with Gasteiger partial charge in [-0.3, -0.25) is 14.4 Å². The maximum absolute atomic E-state index is 12.1. The lowest BCUT2D eigenvalue weighted by Crippen LogP contribution is -2.28. The Balaban J connectivity index is 0. The Kier molecular flexibility index (Phi) is 45.2. The smallest absolute Gasteiger partial charge is 0.356 e. The third kappa shape index (κ3) is 51.9. The number of alkyl halides is 3. The average molecular weight is 772 g/mol. The molecule has 0 saturated carbocycles. The van der Waals surface area contributed by atoms with Crippen LogP contribution in [0, 0.1) is 0 Å². The molecular formula is C45H84F3N3O3. The highest BCUT2D eigenvalue weighted by Gasteiger charge is 2.24. The molecule has 0 aromatic carbocycles. The van der Waals surface area contributed by atoms with Crippen molar-refractivity contribution in [1.82, 2.24) is 16.0 Å². The molecule has 0 aliphatic rings. The first-order chi connectivity index (χ1) is 26.3. The van der Waals surface area contributed by atoms with E-state index in [1.807, 2.05) is 0 Å². The maximum atomic E-state index is 12.1. The van der Waals surface area contributed by atoms with Crippen LogP contribution < -0.4 is 16.0 Å². The molecule has 0 aromatic heterocycles. The Hall–Kier alpha value is -2.16. The average Bonchev–Trinajstić information content (AvgIpc) is 3.15. The van der Waals surface area contributed by atoms with Crippen LogP contribution in [0.3, 0.4) is 0 Å². The molecule has 2 amide bonds. The molecule has 0 aliphatic heterocycles. The molecule has 0 fully saturated rings. The predicted molar refractivity (Wildman–Crippen MR) is 224 cm³/mol. The van der Waals surface area contributed by atoms with Crippen molar-refractivity contribution in [2.45, 2.75) is 219 Å². The van der Waals surface area contributed by atoms with Crippen LogP contribution in [0.5, 0.6) is 0 Å². The van der Waals surface area contributed by atoms with Crippen LogP contribution >= 0.6 is 0 Å². The fraction of sp³-hybridized carbons (Fsp3) is 0.844. The number of rotatable bonds is 39. The Morgan fingerprint density at radius 1 is 0.426 bits per heavy atom. The van der Waals surface area contributed by atoms with E-state index >= 15 is 0 Å². The molecule has 0 atom stereocenters. The minimum atomic E-state index is -4.64. The van der Waals surface area contributed by atoms with Gasteiger partial charge in [-0.15, -0.1) is 0 Å². The lowest BCUT2D eigenvalue weighted by molar-refractivity contribution is -0.156. The van der Waals surface area contributed by atoms with Gasteiger partial charge in [0.2, 0.25) is 18.1 Å². The minimum absolute atomic E-state index is 0.199. The van der Waals surface area contributed by atoms with Gasteiger partial charge in [0, 0.05) is 25.9 Å². The third-order valence-corrected chi connectivity index (χ3v) is 9.42. The molecule has 54 heavy (non-hydrogen) atoms. The highest BCUT2D eigenvalue weighted by atomic mass is 19.4. The fourth-order valence-corrected chi connectivity index (χ4v) is 6.06. The van der Waals surface area contributed by atoms with Crippen molar-refractivity contribution in [2.75, 3.05) is 26.2 Å². The summed E-state index contributed by atoms with van der Waals surface area (Å²) in [7, 11) is 0. The van der Waals surface area contributed by atoms with Gasteiger partial charge in [-0.05, 0) is 96.6 Å². The Bertz CT molecular complexity index is 805. The molecular weight excluding hydrogens is 688 g/mol. The monoisotopic (exact) mass is 772 g/mol. The van der Waals surface area contributed by atoms with Crippen molar-refractivity contribution in [3.05, 3.63) is 24.3 Å². The van der Waals surface area contributed by atoms with E-state index in [0.717, 1.165) is 71.1 Å². The zero-order valence-corrected chi connectivity index (χ0v) is 35.0. The summed E-state index contributed by atoms with van der Waals surface area (Å²) in [5.41, 5.74) is 0. The summed E-state index contributed by atoms with van der Waals surface area (Å²) >= 11 is 0. The summed E-state index contributed by atoms with van der Waals surface area (Å²) in [6, 6.07) is 0. The van der Waals surface area contributed by atoms with Gasteiger partial charge in [-0.25, -0.2) is 0 Å². The Morgan fingerprint density at radius 3 is 1.09 bits per heavy atom. The van der Waals surface area contributed by atoms with Crippen molar-refractivity contribution in [1.29, 1.82) is 0 Å². The van der Waals surface area contributed by atoms with Gasteiger partial charge in [0.05, 0.1) is 0 Å². The second-order valence-corrected chi connectivity index (χ2v) is 14.8. The molecule has 0 spiro atoms. The van der Waals surface area contributed by atoms with E-state index in [4.69, 9.17) is 4.79 Å². The second-order valence-electron chi connectivity index (χ2n) is 14.8. The van der Waals surface area contributed by atoms with Gasteiger partial charge in [0.25, 0.3) is 0 Å². The van der Waals surface area contributed by atoms with Crippen LogP contribution in [-0.2, 0) is 14.4 Å². The molecule has 0 saturated heterocycles. The first kappa shape index (κ1) is 53.9. The number of hydrogen-bond acceptors (Lipinski definition) is 4. The van der Waals surface area contributed by atoms with Crippen molar-refractivity contribution >= 4 is 18.1 Å². The summed E-state index contributed by atoms with van der Waals surface area (Å²) in [6.07, 6.45) is 41.5. The maximum Gasteiger partial charge on any atom is 0.446 e. The molecule has 3 N–H and O–H groups in total. The van der Waals surface area contributed by atoms with E-state index in [-0.39, 0.29) is 11.8 Å². The highest BCUT2D eigenvalue weighted by molar-refractivity contribution is 5.76. The highest BCUT2D eigenvalue weighted by Crippen LogP contribution is 2.12. The predicted octanol–water partition coefficient (Wildman–Crippen LogP) is 12.8. The third-order valence-electron chi connectivity index (χ3n) is 9.42.